The van der Waals surface area contributed by atoms with Crippen molar-refractivity contribution in [3.63, 3.8) is 0 Å². The standard InChI is InChI=1S/C14H17N5O2/c1-7-16-12-9(2-3-15-14(12)21)13(17-7)19-5-8-4-11(20)18-10(8)6-19/h8,10H,2-6H2,1H3,(H,15,21)(H,18,20)/t8-,10+/m0/s1. The van der Waals surface area contributed by atoms with E-state index in [1.54, 1.807) is 0 Å². The van der Waals surface area contributed by atoms with Crippen LogP contribution in [-0.4, -0.2) is 47.5 Å². The number of aromatic nitrogens is 2. The van der Waals surface area contributed by atoms with Crippen LogP contribution in [-0.2, 0) is 11.2 Å². The fraction of sp³-hybridized carbons (Fsp3) is 0.571. The average molecular weight is 287 g/mol. The van der Waals surface area contributed by atoms with Gasteiger partial charge in [0.25, 0.3) is 5.91 Å². The molecule has 7 nitrogen and oxygen atoms in total. The summed E-state index contributed by atoms with van der Waals surface area (Å²) >= 11 is 0. The Morgan fingerprint density at radius 3 is 2.90 bits per heavy atom. The van der Waals surface area contributed by atoms with Gasteiger partial charge >= 0.3 is 0 Å². The third-order valence-corrected chi connectivity index (χ3v) is 4.51. The molecule has 0 unspecified atom stereocenters. The first-order chi connectivity index (χ1) is 10.1. The van der Waals surface area contributed by atoms with E-state index < -0.39 is 0 Å². The van der Waals surface area contributed by atoms with Crippen LogP contribution < -0.4 is 15.5 Å². The Balaban J connectivity index is 1.70. The minimum Gasteiger partial charge on any atom is -0.354 e. The van der Waals surface area contributed by atoms with Crippen molar-refractivity contribution in [1.82, 2.24) is 20.6 Å². The van der Waals surface area contributed by atoms with Crippen LogP contribution in [0, 0.1) is 12.8 Å². The van der Waals surface area contributed by atoms with E-state index >= 15 is 0 Å². The Labute approximate surface area is 122 Å². The zero-order chi connectivity index (χ0) is 14.6. The number of aryl methyl sites for hydroxylation is 1. The second kappa shape index (κ2) is 4.41. The Kier molecular flexibility index (Phi) is 2.63. The Bertz CT molecular complexity index is 628. The highest BCUT2D eigenvalue weighted by atomic mass is 16.2. The lowest BCUT2D eigenvalue weighted by Crippen LogP contribution is -2.37. The van der Waals surface area contributed by atoms with E-state index in [9.17, 15) is 9.59 Å². The van der Waals surface area contributed by atoms with Gasteiger partial charge in [0.05, 0.1) is 6.04 Å². The molecule has 2 N–H and O–H groups in total. The lowest BCUT2D eigenvalue weighted by molar-refractivity contribution is -0.119. The first kappa shape index (κ1) is 12.6. The summed E-state index contributed by atoms with van der Waals surface area (Å²) < 4.78 is 0. The number of nitrogens with one attached hydrogen (secondary N) is 2. The van der Waals surface area contributed by atoms with E-state index in [2.05, 4.69) is 25.5 Å². The Morgan fingerprint density at radius 1 is 1.24 bits per heavy atom. The van der Waals surface area contributed by atoms with Crippen molar-refractivity contribution in [3.05, 3.63) is 17.1 Å². The van der Waals surface area contributed by atoms with Gasteiger partial charge in [0.1, 0.15) is 17.3 Å². The lowest BCUT2D eigenvalue weighted by atomic mass is 10.1. The van der Waals surface area contributed by atoms with Crippen molar-refractivity contribution in [2.45, 2.75) is 25.8 Å². The third-order valence-electron chi connectivity index (χ3n) is 4.51. The van der Waals surface area contributed by atoms with Crippen LogP contribution in [0.15, 0.2) is 0 Å². The highest BCUT2D eigenvalue weighted by Crippen LogP contribution is 2.32. The van der Waals surface area contributed by atoms with Crippen molar-refractivity contribution < 1.29 is 9.59 Å². The molecule has 0 radical (unpaired) electrons. The second-order valence-corrected chi connectivity index (χ2v) is 5.97. The van der Waals surface area contributed by atoms with Crippen LogP contribution in [0.2, 0.25) is 0 Å². The topological polar surface area (TPSA) is 87.2 Å². The van der Waals surface area contributed by atoms with E-state index in [4.69, 9.17) is 0 Å². The molecular weight excluding hydrogens is 270 g/mol. The van der Waals surface area contributed by atoms with Crippen molar-refractivity contribution >= 4 is 17.6 Å². The molecular formula is C14H17N5O2. The van der Waals surface area contributed by atoms with Gasteiger partial charge in [-0.25, -0.2) is 9.97 Å². The van der Waals surface area contributed by atoms with Crippen LogP contribution >= 0.6 is 0 Å². The molecule has 0 saturated carbocycles. The smallest absolute Gasteiger partial charge is 0.270 e. The van der Waals surface area contributed by atoms with Crippen LogP contribution in [0.25, 0.3) is 0 Å². The molecule has 0 aromatic carbocycles. The molecule has 2 amide bonds. The number of hydrogen-bond donors (Lipinski definition) is 2. The lowest BCUT2D eigenvalue weighted by Gasteiger charge is -2.25. The van der Waals surface area contributed by atoms with Gasteiger partial charge in [0.15, 0.2) is 0 Å². The fourth-order valence-electron chi connectivity index (χ4n) is 3.56. The van der Waals surface area contributed by atoms with E-state index in [0.717, 1.165) is 30.9 Å². The fourth-order valence-corrected chi connectivity index (χ4v) is 3.56. The minimum atomic E-state index is -0.115. The first-order valence-electron chi connectivity index (χ1n) is 7.32. The highest BCUT2D eigenvalue weighted by molar-refractivity contribution is 5.96. The molecule has 2 saturated heterocycles. The summed E-state index contributed by atoms with van der Waals surface area (Å²) in [5.41, 5.74) is 1.44. The predicted octanol–water partition coefficient (Wildman–Crippen LogP) is -0.604. The van der Waals surface area contributed by atoms with Gasteiger partial charge < -0.3 is 15.5 Å². The minimum absolute atomic E-state index is 0.115. The highest BCUT2D eigenvalue weighted by Gasteiger charge is 2.41. The average Bonchev–Trinajstić information content (AvgIpc) is 2.96. The molecule has 110 valence electrons. The maximum atomic E-state index is 12.0. The molecule has 2 fully saturated rings. The zero-order valence-corrected chi connectivity index (χ0v) is 11.8. The molecule has 7 heteroatoms. The Morgan fingerprint density at radius 2 is 2.10 bits per heavy atom. The SMILES string of the molecule is Cc1nc2c(c(N3C[C@@H]4CC(=O)N[C@@H]4C3)n1)CCNC2=O. The number of carbonyl (C=O) groups excluding carboxylic acids is 2. The number of nitrogens with zero attached hydrogens (tertiary/aromatic N) is 3. The summed E-state index contributed by atoms with van der Waals surface area (Å²) in [6.07, 6.45) is 1.35. The molecule has 4 rings (SSSR count). The van der Waals surface area contributed by atoms with Gasteiger partial charge in [-0.1, -0.05) is 0 Å². The quantitative estimate of drug-likeness (QED) is 0.720. The van der Waals surface area contributed by atoms with Gasteiger partial charge in [-0.05, 0) is 13.3 Å². The van der Waals surface area contributed by atoms with Gasteiger partial charge in [0, 0.05) is 37.5 Å². The van der Waals surface area contributed by atoms with Gasteiger partial charge in [-0.2, -0.15) is 0 Å². The summed E-state index contributed by atoms with van der Waals surface area (Å²) in [4.78, 5) is 34.4. The molecule has 0 bridgehead atoms. The Hall–Kier alpha value is -2.18. The first-order valence-corrected chi connectivity index (χ1v) is 7.32. The maximum Gasteiger partial charge on any atom is 0.270 e. The second-order valence-electron chi connectivity index (χ2n) is 5.97. The van der Waals surface area contributed by atoms with Crippen LogP contribution in [0.1, 0.15) is 28.3 Å². The van der Waals surface area contributed by atoms with Gasteiger partial charge in [-0.15, -0.1) is 0 Å². The number of anilines is 1. The summed E-state index contributed by atoms with van der Waals surface area (Å²) in [5.74, 6) is 1.86. The van der Waals surface area contributed by atoms with E-state index in [1.165, 1.54) is 0 Å². The van der Waals surface area contributed by atoms with Crippen LogP contribution in [0.4, 0.5) is 5.82 Å². The number of rotatable bonds is 1. The monoisotopic (exact) mass is 287 g/mol. The normalized spacial score (nSPS) is 27.2. The van der Waals surface area contributed by atoms with Gasteiger partial charge in [0.2, 0.25) is 5.91 Å². The summed E-state index contributed by atoms with van der Waals surface area (Å²) in [5, 5.41) is 5.84. The van der Waals surface area contributed by atoms with E-state index in [1.807, 2.05) is 6.92 Å². The number of fused-ring (bicyclic) bond motifs is 2. The molecule has 3 aliphatic rings. The van der Waals surface area contributed by atoms with Crippen molar-refractivity contribution in [3.8, 4) is 0 Å². The number of amides is 2. The number of hydrogen-bond acceptors (Lipinski definition) is 5. The van der Waals surface area contributed by atoms with Crippen molar-refractivity contribution in [2.75, 3.05) is 24.5 Å². The molecule has 1 aromatic rings. The molecule has 21 heavy (non-hydrogen) atoms. The molecule has 3 aliphatic heterocycles. The summed E-state index contributed by atoms with van der Waals surface area (Å²) in [7, 11) is 0. The predicted molar refractivity (Wildman–Crippen MR) is 75.1 cm³/mol. The molecule has 4 heterocycles. The van der Waals surface area contributed by atoms with Crippen LogP contribution in [0.5, 0.6) is 0 Å². The molecule has 0 aliphatic carbocycles. The van der Waals surface area contributed by atoms with Crippen molar-refractivity contribution in [1.29, 1.82) is 0 Å². The zero-order valence-electron chi connectivity index (χ0n) is 11.8. The van der Waals surface area contributed by atoms with Gasteiger partial charge in [-0.3, -0.25) is 9.59 Å². The summed E-state index contributed by atoms with van der Waals surface area (Å²) in [6.45, 7) is 4.02. The largest absolute Gasteiger partial charge is 0.354 e. The van der Waals surface area contributed by atoms with Crippen LogP contribution in [0.3, 0.4) is 0 Å². The molecule has 2 atom stereocenters. The van der Waals surface area contributed by atoms with E-state index in [-0.39, 0.29) is 17.9 Å². The molecule has 0 spiro atoms. The van der Waals surface area contributed by atoms with Crippen molar-refractivity contribution in [2.24, 2.45) is 5.92 Å². The number of carbonyl (C=O) groups is 2. The van der Waals surface area contributed by atoms with E-state index in [0.29, 0.717) is 30.4 Å². The summed E-state index contributed by atoms with van der Waals surface area (Å²) in [6, 6.07) is 0.209. The third kappa shape index (κ3) is 1.95. The maximum absolute atomic E-state index is 12.0. The molecule has 1 aromatic heterocycles.